The Kier molecular flexibility index (Phi) is 4.37. The molecule has 16 heavy (non-hydrogen) atoms. The van der Waals surface area contributed by atoms with Gasteiger partial charge < -0.3 is 4.90 Å². The Morgan fingerprint density at radius 1 is 1.38 bits per heavy atom. The van der Waals surface area contributed by atoms with Crippen LogP contribution in [0.4, 0.5) is 5.69 Å². The highest BCUT2D eigenvalue weighted by Gasteiger charge is 2.14. The van der Waals surface area contributed by atoms with Crippen LogP contribution in [0, 0.1) is 18.3 Å². The van der Waals surface area contributed by atoms with E-state index in [9.17, 15) is 0 Å². The predicted octanol–water partition coefficient (Wildman–Crippen LogP) is 3.49. The third-order valence-corrected chi connectivity index (χ3v) is 3.05. The zero-order chi connectivity index (χ0) is 12.1. The molecular formula is C14H20N2. The standard InChI is InChI=1S/C14H20N2/c1-5-12(4)16(6-2)14-9-11(3)7-8-13(14)10-15/h7-9,12H,5-6H2,1-4H3. The molecule has 2 heteroatoms. The molecule has 0 aliphatic heterocycles. The van der Waals surface area contributed by atoms with Gasteiger partial charge in [0, 0.05) is 12.6 Å². The Balaban J connectivity index is 3.18. The first-order chi connectivity index (χ1) is 7.63. The van der Waals surface area contributed by atoms with Crippen molar-refractivity contribution in [3.63, 3.8) is 0 Å². The summed E-state index contributed by atoms with van der Waals surface area (Å²) in [4.78, 5) is 2.30. The molecule has 0 aromatic heterocycles. The second kappa shape index (κ2) is 5.55. The number of nitriles is 1. The molecule has 0 spiro atoms. The van der Waals surface area contributed by atoms with Crippen LogP contribution in [-0.4, -0.2) is 12.6 Å². The van der Waals surface area contributed by atoms with Crippen LogP contribution in [0.5, 0.6) is 0 Å². The quantitative estimate of drug-likeness (QED) is 0.770. The third kappa shape index (κ3) is 2.55. The van der Waals surface area contributed by atoms with Crippen molar-refractivity contribution in [2.45, 2.75) is 40.2 Å². The number of hydrogen-bond acceptors (Lipinski definition) is 2. The summed E-state index contributed by atoms with van der Waals surface area (Å²) in [5.41, 5.74) is 3.04. The lowest BCUT2D eigenvalue weighted by Gasteiger charge is -2.30. The largest absolute Gasteiger partial charge is 0.368 e. The first-order valence-electron chi connectivity index (χ1n) is 5.91. The fourth-order valence-corrected chi connectivity index (χ4v) is 1.91. The van der Waals surface area contributed by atoms with E-state index >= 15 is 0 Å². The lowest BCUT2D eigenvalue weighted by molar-refractivity contribution is 0.629. The molecule has 0 saturated carbocycles. The van der Waals surface area contributed by atoms with Gasteiger partial charge >= 0.3 is 0 Å². The molecule has 0 aliphatic carbocycles. The molecule has 0 bridgehead atoms. The van der Waals surface area contributed by atoms with Crippen LogP contribution in [0.3, 0.4) is 0 Å². The minimum Gasteiger partial charge on any atom is -0.368 e. The maximum atomic E-state index is 9.13. The van der Waals surface area contributed by atoms with E-state index in [-0.39, 0.29) is 0 Å². The average Bonchev–Trinajstić information content (AvgIpc) is 2.30. The van der Waals surface area contributed by atoms with Crippen LogP contribution in [0.1, 0.15) is 38.3 Å². The van der Waals surface area contributed by atoms with Gasteiger partial charge in [-0.25, -0.2) is 0 Å². The van der Waals surface area contributed by atoms with Crippen molar-refractivity contribution in [3.8, 4) is 6.07 Å². The topological polar surface area (TPSA) is 27.0 Å². The van der Waals surface area contributed by atoms with Crippen LogP contribution >= 0.6 is 0 Å². The molecule has 1 aromatic carbocycles. The predicted molar refractivity (Wildman–Crippen MR) is 68.7 cm³/mol. The van der Waals surface area contributed by atoms with Gasteiger partial charge in [-0.15, -0.1) is 0 Å². The Morgan fingerprint density at radius 2 is 2.06 bits per heavy atom. The van der Waals surface area contributed by atoms with Crippen molar-refractivity contribution in [1.29, 1.82) is 5.26 Å². The molecule has 1 atom stereocenters. The summed E-state index contributed by atoms with van der Waals surface area (Å²) in [5.74, 6) is 0. The summed E-state index contributed by atoms with van der Waals surface area (Å²) in [7, 11) is 0. The molecule has 1 aromatic rings. The van der Waals surface area contributed by atoms with E-state index in [1.165, 1.54) is 5.56 Å². The van der Waals surface area contributed by atoms with E-state index in [2.05, 4.69) is 44.7 Å². The first kappa shape index (κ1) is 12.6. The summed E-state index contributed by atoms with van der Waals surface area (Å²) in [5, 5.41) is 9.13. The average molecular weight is 216 g/mol. The van der Waals surface area contributed by atoms with Gasteiger partial charge in [-0.2, -0.15) is 5.26 Å². The molecule has 1 unspecified atom stereocenters. The van der Waals surface area contributed by atoms with Crippen LogP contribution in [-0.2, 0) is 0 Å². The Labute approximate surface area is 98.5 Å². The van der Waals surface area contributed by atoms with E-state index in [1.807, 2.05) is 12.1 Å². The van der Waals surface area contributed by atoms with Crippen molar-refractivity contribution in [2.24, 2.45) is 0 Å². The van der Waals surface area contributed by atoms with Gasteiger partial charge in [-0.1, -0.05) is 13.0 Å². The number of anilines is 1. The van der Waals surface area contributed by atoms with Crippen molar-refractivity contribution in [1.82, 2.24) is 0 Å². The molecule has 0 N–H and O–H groups in total. The van der Waals surface area contributed by atoms with Crippen LogP contribution in [0.15, 0.2) is 18.2 Å². The second-order valence-corrected chi connectivity index (χ2v) is 4.18. The van der Waals surface area contributed by atoms with Crippen LogP contribution in [0.2, 0.25) is 0 Å². The molecule has 0 radical (unpaired) electrons. The zero-order valence-corrected chi connectivity index (χ0v) is 10.6. The lowest BCUT2D eigenvalue weighted by Crippen LogP contribution is -2.32. The molecule has 0 fully saturated rings. The van der Waals surface area contributed by atoms with Gasteiger partial charge in [-0.05, 0) is 44.9 Å². The van der Waals surface area contributed by atoms with Gasteiger partial charge in [0.1, 0.15) is 6.07 Å². The molecular weight excluding hydrogens is 196 g/mol. The third-order valence-electron chi connectivity index (χ3n) is 3.05. The van der Waals surface area contributed by atoms with Crippen LogP contribution in [0.25, 0.3) is 0 Å². The van der Waals surface area contributed by atoms with E-state index in [0.29, 0.717) is 6.04 Å². The highest BCUT2D eigenvalue weighted by molar-refractivity contribution is 5.61. The van der Waals surface area contributed by atoms with E-state index in [0.717, 1.165) is 24.2 Å². The van der Waals surface area contributed by atoms with Crippen LogP contribution < -0.4 is 4.90 Å². The van der Waals surface area contributed by atoms with Crippen molar-refractivity contribution >= 4 is 5.69 Å². The molecule has 86 valence electrons. The number of hydrogen-bond donors (Lipinski definition) is 0. The summed E-state index contributed by atoms with van der Waals surface area (Å²) < 4.78 is 0. The molecule has 0 aliphatic rings. The van der Waals surface area contributed by atoms with E-state index in [1.54, 1.807) is 0 Å². The fourth-order valence-electron chi connectivity index (χ4n) is 1.91. The lowest BCUT2D eigenvalue weighted by atomic mass is 10.1. The number of benzene rings is 1. The van der Waals surface area contributed by atoms with Crippen molar-refractivity contribution < 1.29 is 0 Å². The number of aryl methyl sites for hydroxylation is 1. The summed E-state index contributed by atoms with van der Waals surface area (Å²) in [6.07, 6.45) is 1.09. The van der Waals surface area contributed by atoms with E-state index < -0.39 is 0 Å². The van der Waals surface area contributed by atoms with Crippen molar-refractivity contribution in [3.05, 3.63) is 29.3 Å². The highest BCUT2D eigenvalue weighted by Crippen LogP contribution is 2.24. The van der Waals surface area contributed by atoms with Crippen molar-refractivity contribution in [2.75, 3.05) is 11.4 Å². The smallest absolute Gasteiger partial charge is 0.101 e. The zero-order valence-electron chi connectivity index (χ0n) is 10.6. The second-order valence-electron chi connectivity index (χ2n) is 4.18. The number of nitrogens with zero attached hydrogens (tertiary/aromatic N) is 2. The Morgan fingerprint density at radius 3 is 2.56 bits per heavy atom. The Bertz CT molecular complexity index is 390. The Hall–Kier alpha value is -1.49. The maximum absolute atomic E-state index is 9.13. The van der Waals surface area contributed by atoms with Gasteiger partial charge in [0.25, 0.3) is 0 Å². The van der Waals surface area contributed by atoms with Gasteiger partial charge in [0.15, 0.2) is 0 Å². The molecule has 1 rings (SSSR count). The fraction of sp³-hybridized carbons (Fsp3) is 0.500. The molecule has 0 heterocycles. The summed E-state index contributed by atoms with van der Waals surface area (Å²) in [6.45, 7) is 9.51. The van der Waals surface area contributed by atoms with Gasteiger partial charge in [0.2, 0.25) is 0 Å². The van der Waals surface area contributed by atoms with E-state index in [4.69, 9.17) is 5.26 Å². The minimum atomic E-state index is 0.471. The van der Waals surface area contributed by atoms with Gasteiger partial charge in [0.05, 0.1) is 11.3 Å². The molecule has 0 amide bonds. The number of rotatable bonds is 4. The SMILES string of the molecule is CCC(C)N(CC)c1cc(C)ccc1C#N. The maximum Gasteiger partial charge on any atom is 0.101 e. The van der Waals surface area contributed by atoms with Gasteiger partial charge in [-0.3, -0.25) is 0 Å². The first-order valence-corrected chi connectivity index (χ1v) is 5.91. The highest BCUT2D eigenvalue weighted by atomic mass is 15.1. The normalized spacial score (nSPS) is 11.9. The minimum absolute atomic E-state index is 0.471. The summed E-state index contributed by atoms with van der Waals surface area (Å²) in [6, 6.07) is 8.76. The monoisotopic (exact) mass is 216 g/mol. The molecule has 2 nitrogen and oxygen atoms in total. The molecule has 0 saturated heterocycles. The summed E-state index contributed by atoms with van der Waals surface area (Å²) >= 11 is 0.